The number of nitrogen functional groups attached to an aromatic ring is 1. The molecule has 2 rings (SSSR count). The van der Waals surface area contributed by atoms with E-state index >= 15 is 0 Å². The van der Waals surface area contributed by atoms with E-state index in [0.29, 0.717) is 11.5 Å². The van der Waals surface area contributed by atoms with Gasteiger partial charge in [-0.3, -0.25) is 0 Å². The van der Waals surface area contributed by atoms with Crippen molar-refractivity contribution in [1.29, 1.82) is 0 Å². The number of benzene rings is 2. The lowest BCUT2D eigenvalue weighted by molar-refractivity contribution is 0.482. The Labute approximate surface area is 118 Å². The SMILES string of the molecule is CCc1ccc(Oc2ccc(S(N)(=O)=O)c(N)c2)cc1. The Hall–Kier alpha value is -2.05. The van der Waals surface area contributed by atoms with Crippen LogP contribution in [0.2, 0.25) is 0 Å². The van der Waals surface area contributed by atoms with Crippen LogP contribution in [0.1, 0.15) is 12.5 Å². The summed E-state index contributed by atoms with van der Waals surface area (Å²) in [6, 6.07) is 11.9. The molecule has 0 aliphatic heterocycles. The van der Waals surface area contributed by atoms with Crippen molar-refractivity contribution in [3.63, 3.8) is 0 Å². The third-order valence-electron chi connectivity index (χ3n) is 2.86. The van der Waals surface area contributed by atoms with E-state index in [4.69, 9.17) is 15.6 Å². The minimum atomic E-state index is -3.81. The second kappa shape index (κ2) is 5.52. The van der Waals surface area contributed by atoms with Crippen LogP contribution in [0.3, 0.4) is 0 Å². The van der Waals surface area contributed by atoms with Gasteiger partial charge in [0.15, 0.2) is 0 Å². The van der Waals surface area contributed by atoms with Crippen molar-refractivity contribution in [2.75, 3.05) is 5.73 Å². The van der Waals surface area contributed by atoms with Gasteiger partial charge in [0, 0.05) is 6.07 Å². The van der Waals surface area contributed by atoms with E-state index in [9.17, 15) is 8.42 Å². The van der Waals surface area contributed by atoms with Crippen molar-refractivity contribution in [2.24, 2.45) is 5.14 Å². The Bertz CT molecular complexity index is 710. The van der Waals surface area contributed by atoms with Crippen molar-refractivity contribution in [3.05, 3.63) is 48.0 Å². The van der Waals surface area contributed by atoms with E-state index in [2.05, 4.69) is 6.92 Å². The molecule has 0 aromatic heterocycles. The molecule has 4 N–H and O–H groups in total. The first-order valence-electron chi connectivity index (χ1n) is 6.09. The summed E-state index contributed by atoms with van der Waals surface area (Å²) in [7, 11) is -3.81. The van der Waals surface area contributed by atoms with Gasteiger partial charge in [0.1, 0.15) is 16.4 Å². The summed E-state index contributed by atoms with van der Waals surface area (Å²) in [4.78, 5) is -0.105. The average Bonchev–Trinajstić information content (AvgIpc) is 2.38. The van der Waals surface area contributed by atoms with Gasteiger partial charge in [0.25, 0.3) is 0 Å². The van der Waals surface area contributed by atoms with Crippen molar-refractivity contribution in [2.45, 2.75) is 18.2 Å². The number of aryl methyl sites for hydroxylation is 1. The number of nitrogens with two attached hydrogens (primary N) is 2. The first-order chi connectivity index (χ1) is 9.40. The molecule has 5 nitrogen and oxygen atoms in total. The molecule has 0 bridgehead atoms. The number of ether oxygens (including phenoxy) is 1. The highest BCUT2D eigenvalue weighted by molar-refractivity contribution is 7.89. The Morgan fingerprint density at radius 1 is 1.05 bits per heavy atom. The predicted octanol–water partition coefficient (Wildman–Crippen LogP) is 2.27. The van der Waals surface area contributed by atoms with Gasteiger partial charge in [-0.1, -0.05) is 19.1 Å². The first kappa shape index (κ1) is 14.4. The van der Waals surface area contributed by atoms with Gasteiger partial charge < -0.3 is 10.5 Å². The lowest BCUT2D eigenvalue weighted by Crippen LogP contribution is -2.14. The second-order valence-electron chi connectivity index (χ2n) is 4.34. The molecule has 0 aliphatic rings. The number of hydrogen-bond donors (Lipinski definition) is 2. The molecule has 0 amide bonds. The average molecular weight is 292 g/mol. The van der Waals surface area contributed by atoms with Gasteiger partial charge in [0.05, 0.1) is 5.69 Å². The number of anilines is 1. The summed E-state index contributed by atoms with van der Waals surface area (Å²) in [5.41, 5.74) is 6.94. The standard InChI is InChI=1S/C14H16N2O3S/c1-2-10-3-5-11(6-4-10)19-12-7-8-14(13(15)9-12)20(16,17)18/h3-9H,2,15H2,1H3,(H2,16,17,18). The Kier molecular flexibility index (Phi) is 3.96. The fourth-order valence-corrected chi connectivity index (χ4v) is 2.42. The molecular weight excluding hydrogens is 276 g/mol. The molecule has 0 saturated carbocycles. The molecule has 2 aromatic carbocycles. The zero-order valence-corrected chi connectivity index (χ0v) is 11.9. The van der Waals surface area contributed by atoms with Crippen LogP contribution in [-0.4, -0.2) is 8.42 Å². The summed E-state index contributed by atoms with van der Waals surface area (Å²) >= 11 is 0. The maximum Gasteiger partial charge on any atom is 0.240 e. The van der Waals surface area contributed by atoms with E-state index < -0.39 is 10.0 Å². The van der Waals surface area contributed by atoms with Crippen molar-refractivity contribution >= 4 is 15.7 Å². The smallest absolute Gasteiger partial charge is 0.240 e. The molecule has 0 fully saturated rings. The Morgan fingerprint density at radius 3 is 2.15 bits per heavy atom. The molecule has 0 heterocycles. The van der Waals surface area contributed by atoms with Crippen LogP contribution in [0.15, 0.2) is 47.4 Å². The summed E-state index contributed by atoms with van der Waals surface area (Å²) in [6.07, 6.45) is 0.955. The molecule has 6 heteroatoms. The zero-order chi connectivity index (χ0) is 14.8. The second-order valence-corrected chi connectivity index (χ2v) is 5.87. The minimum Gasteiger partial charge on any atom is -0.457 e. The molecular formula is C14H16N2O3S. The normalized spacial score (nSPS) is 11.3. The Balaban J connectivity index is 2.24. The fraction of sp³-hybridized carbons (Fsp3) is 0.143. The molecule has 20 heavy (non-hydrogen) atoms. The number of hydrogen-bond acceptors (Lipinski definition) is 4. The lowest BCUT2D eigenvalue weighted by atomic mass is 10.2. The van der Waals surface area contributed by atoms with Crippen LogP contribution >= 0.6 is 0 Å². The molecule has 0 aliphatic carbocycles. The van der Waals surface area contributed by atoms with Crippen LogP contribution in [0.25, 0.3) is 0 Å². The molecule has 0 unspecified atom stereocenters. The Morgan fingerprint density at radius 2 is 1.65 bits per heavy atom. The fourth-order valence-electron chi connectivity index (χ4n) is 1.78. The topological polar surface area (TPSA) is 95.4 Å². The van der Waals surface area contributed by atoms with Crippen LogP contribution < -0.4 is 15.6 Å². The summed E-state index contributed by atoms with van der Waals surface area (Å²) in [6.45, 7) is 2.07. The van der Waals surface area contributed by atoms with Crippen molar-refractivity contribution < 1.29 is 13.2 Å². The quantitative estimate of drug-likeness (QED) is 0.845. The zero-order valence-electron chi connectivity index (χ0n) is 11.0. The van der Waals surface area contributed by atoms with Crippen LogP contribution in [-0.2, 0) is 16.4 Å². The van der Waals surface area contributed by atoms with E-state index in [0.717, 1.165) is 6.42 Å². The van der Waals surface area contributed by atoms with Crippen LogP contribution in [0.4, 0.5) is 5.69 Å². The summed E-state index contributed by atoms with van der Waals surface area (Å²) in [5.74, 6) is 1.11. The van der Waals surface area contributed by atoms with Crippen molar-refractivity contribution in [1.82, 2.24) is 0 Å². The van der Waals surface area contributed by atoms with Crippen molar-refractivity contribution in [3.8, 4) is 11.5 Å². The van der Waals surface area contributed by atoms with Crippen LogP contribution in [0.5, 0.6) is 11.5 Å². The van der Waals surface area contributed by atoms with E-state index in [1.165, 1.54) is 23.8 Å². The predicted molar refractivity (Wildman–Crippen MR) is 78.1 cm³/mol. The summed E-state index contributed by atoms with van der Waals surface area (Å²) in [5, 5.41) is 5.04. The molecule has 106 valence electrons. The van der Waals surface area contributed by atoms with Gasteiger partial charge in [-0.25, -0.2) is 13.6 Å². The van der Waals surface area contributed by atoms with E-state index in [-0.39, 0.29) is 10.6 Å². The van der Waals surface area contributed by atoms with Gasteiger partial charge >= 0.3 is 0 Å². The number of sulfonamides is 1. The highest BCUT2D eigenvalue weighted by Gasteiger charge is 2.12. The third-order valence-corrected chi connectivity index (χ3v) is 3.84. The highest BCUT2D eigenvalue weighted by atomic mass is 32.2. The molecule has 0 spiro atoms. The minimum absolute atomic E-state index is 0.0650. The highest BCUT2D eigenvalue weighted by Crippen LogP contribution is 2.27. The monoisotopic (exact) mass is 292 g/mol. The molecule has 0 saturated heterocycles. The number of primary sulfonamides is 1. The molecule has 0 radical (unpaired) electrons. The molecule has 2 aromatic rings. The number of rotatable bonds is 4. The van der Waals surface area contributed by atoms with Gasteiger partial charge in [-0.2, -0.15) is 0 Å². The maximum atomic E-state index is 11.3. The molecule has 0 atom stereocenters. The largest absolute Gasteiger partial charge is 0.457 e. The third kappa shape index (κ3) is 3.28. The maximum absolute atomic E-state index is 11.3. The van der Waals surface area contributed by atoms with E-state index in [1.807, 2.05) is 24.3 Å². The van der Waals surface area contributed by atoms with Gasteiger partial charge in [-0.15, -0.1) is 0 Å². The lowest BCUT2D eigenvalue weighted by Gasteiger charge is -2.09. The van der Waals surface area contributed by atoms with E-state index in [1.54, 1.807) is 0 Å². The van der Waals surface area contributed by atoms with Gasteiger partial charge in [0.2, 0.25) is 10.0 Å². The van der Waals surface area contributed by atoms with Crippen LogP contribution in [0, 0.1) is 0 Å². The van der Waals surface area contributed by atoms with Gasteiger partial charge in [-0.05, 0) is 36.2 Å². The first-order valence-corrected chi connectivity index (χ1v) is 7.64. The summed E-state index contributed by atoms with van der Waals surface area (Å²) < 4.78 is 28.1.